The monoisotopic (exact) mass is 224 g/mol. The molecule has 1 aliphatic heterocycles. The fraction of sp³-hybridized carbons (Fsp3) is 0.500. The third kappa shape index (κ3) is 1.26. The van der Waals surface area contributed by atoms with E-state index in [0.717, 1.165) is 17.1 Å². The summed E-state index contributed by atoms with van der Waals surface area (Å²) in [6.07, 6.45) is 4.31. The molecule has 0 atom stereocenters. The summed E-state index contributed by atoms with van der Waals surface area (Å²) >= 11 is 1.83. The van der Waals surface area contributed by atoms with Gasteiger partial charge in [0.1, 0.15) is 5.69 Å². The molecule has 2 heterocycles. The molecule has 4 nitrogen and oxygen atoms in total. The van der Waals surface area contributed by atoms with Gasteiger partial charge >= 0.3 is 5.97 Å². The second-order valence-electron chi connectivity index (χ2n) is 4.32. The summed E-state index contributed by atoms with van der Waals surface area (Å²) in [5.74, 6) is -0.879. The van der Waals surface area contributed by atoms with Gasteiger partial charge in [-0.1, -0.05) is 0 Å². The van der Waals surface area contributed by atoms with Crippen LogP contribution in [0.15, 0.2) is 11.1 Å². The van der Waals surface area contributed by atoms with Crippen LogP contribution in [0.5, 0.6) is 0 Å². The van der Waals surface area contributed by atoms with Gasteiger partial charge in [0.25, 0.3) is 0 Å². The highest BCUT2D eigenvalue weighted by Gasteiger charge is 2.48. The van der Waals surface area contributed by atoms with Gasteiger partial charge in [0.2, 0.25) is 0 Å². The molecular formula is C10H12N2O2S. The van der Waals surface area contributed by atoms with Crippen molar-refractivity contribution in [2.24, 2.45) is 0 Å². The number of nitrogens with one attached hydrogen (secondary N) is 1. The number of aromatic carboxylic acids is 1. The second-order valence-corrected chi connectivity index (χ2v) is 5.83. The van der Waals surface area contributed by atoms with Gasteiger partial charge in [-0.2, -0.15) is 0 Å². The van der Waals surface area contributed by atoms with Crippen molar-refractivity contribution in [2.75, 3.05) is 18.5 Å². The summed E-state index contributed by atoms with van der Waals surface area (Å²) < 4.78 is 0.375. The predicted octanol–water partition coefficient (Wildman–Crippen LogP) is 1.79. The molecule has 0 unspecified atom stereocenters. The Bertz CT molecular complexity index is 437. The lowest BCUT2D eigenvalue weighted by Gasteiger charge is -2.31. The lowest BCUT2D eigenvalue weighted by atomic mass is 10.3. The van der Waals surface area contributed by atoms with Crippen molar-refractivity contribution >= 4 is 23.4 Å². The Balaban J connectivity index is 2.06. The van der Waals surface area contributed by atoms with E-state index in [-0.39, 0.29) is 0 Å². The summed E-state index contributed by atoms with van der Waals surface area (Å²) in [6.45, 7) is 0.961. The number of aromatic amines is 1. The van der Waals surface area contributed by atoms with Gasteiger partial charge in [0.15, 0.2) is 0 Å². The molecule has 1 aromatic rings. The van der Waals surface area contributed by atoms with Crippen LogP contribution in [-0.4, -0.2) is 34.4 Å². The fourth-order valence-electron chi connectivity index (χ4n) is 2.19. The molecular weight excluding hydrogens is 212 g/mol. The molecule has 5 heteroatoms. The topological polar surface area (TPSA) is 56.3 Å². The van der Waals surface area contributed by atoms with Gasteiger partial charge in [-0.05, 0) is 12.8 Å². The minimum absolute atomic E-state index is 0.315. The Morgan fingerprint density at radius 1 is 1.67 bits per heavy atom. The van der Waals surface area contributed by atoms with Gasteiger partial charge in [0.05, 0.1) is 5.69 Å². The third-order valence-corrected chi connectivity index (χ3v) is 4.57. The largest absolute Gasteiger partial charge is 0.477 e. The Morgan fingerprint density at radius 2 is 2.40 bits per heavy atom. The average molecular weight is 224 g/mol. The van der Waals surface area contributed by atoms with Crippen molar-refractivity contribution in [3.63, 3.8) is 0 Å². The summed E-state index contributed by atoms with van der Waals surface area (Å²) in [4.78, 5) is 17.0. The summed E-state index contributed by atoms with van der Waals surface area (Å²) in [7, 11) is 1.97. The summed E-state index contributed by atoms with van der Waals surface area (Å²) in [6, 6.07) is 0. The number of carbonyl (C=O) groups is 1. The number of hydrogen-bond donors (Lipinski definition) is 2. The van der Waals surface area contributed by atoms with Crippen LogP contribution < -0.4 is 4.90 Å². The molecule has 0 aromatic carbocycles. The lowest BCUT2D eigenvalue weighted by molar-refractivity contribution is 0.0692. The van der Waals surface area contributed by atoms with Crippen molar-refractivity contribution in [3.05, 3.63) is 11.9 Å². The number of aromatic nitrogens is 1. The van der Waals surface area contributed by atoms with Crippen LogP contribution in [0, 0.1) is 0 Å². The molecule has 0 saturated heterocycles. The molecule has 1 fully saturated rings. The number of H-pyrrole nitrogens is 1. The Morgan fingerprint density at radius 3 is 3.00 bits per heavy atom. The number of carboxylic acids is 1. The lowest BCUT2D eigenvalue weighted by Crippen LogP contribution is -2.32. The zero-order valence-electron chi connectivity index (χ0n) is 8.41. The molecule has 0 bridgehead atoms. The van der Waals surface area contributed by atoms with Crippen molar-refractivity contribution < 1.29 is 9.90 Å². The maximum atomic E-state index is 11.0. The molecule has 1 aliphatic carbocycles. The first-order valence-electron chi connectivity index (χ1n) is 4.96. The molecule has 1 spiro atoms. The van der Waals surface area contributed by atoms with Crippen LogP contribution in [0.25, 0.3) is 0 Å². The van der Waals surface area contributed by atoms with Gasteiger partial charge in [-0.3, -0.25) is 0 Å². The average Bonchev–Trinajstić information content (AvgIpc) is 2.76. The van der Waals surface area contributed by atoms with Crippen molar-refractivity contribution in [2.45, 2.75) is 22.5 Å². The van der Waals surface area contributed by atoms with Gasteiger partial charge < -0.3 is 15.0 Å². The first kappa shape index (κ1) is 9.15. The van der Waals surface area contributed by atoms with Crippen molar-refractivity contribution in [1.82, 2.24) is 4.98 Å². The molecule has 3 rings (SSSR count). The fourth-order valence-corrected chi connectivity index (χ4v) is 3.70. The summed E-state index contributed by atoms with van der Waals surface area (Å²) in [5, 5.41) is 9.03. The SMILES string of the molecule is CN1CC2(CC2)Sc2c[nH]c(C(=O)O)c21. The van der Waals surface area contributed by atoms with Crippen LogP contribution >= 0.6 is 11.8 Å². The Labute approximate surface area is 91.7 Å². The van der Waals surface area contributed by atoms with Crippen LogP contribution in [0.3, 0.4) is 0 Å². The number of nitrogens with zero attached hydrogens (tertiary/aromatic N) is 1. The van der Waals surface area contributed by atoms with Crippen LogP contribution in [0.2, 0.25) is 0 Å². The molecule has 80 valence electrons. The molecule has 15 heavy (non-hydrogen) atoms. The molecule has 2 aliphatic rings. The Kier molecular flexibility index (Phi) is 1.66. The van der Waals surface area contributed by atoms with E-state index in [4.69, 9.17) is 5.11 Å². The van der Waals surface area contributed by atoms with Gasteiger partial charge in [0, 0.05) is 29.4 Å². The van der Waals surface area contributed by atoms with E-state index in [9.17, 15) is 4.79 Å². The number of fused-ring (bicyclic) bond motifs is 1. The van der Waals surface area contributed by atoms with Crippen molar-refractivity contribution in [3.8, 4) is 0 Å². The molecule has 0 amide bonds. The minimum atomic E-state index is -0.879. The highest BCUT2D eigenvalue weighted by atomic mass is 32.2. The van der Waals surface area contributed by atoms with E-state index >= 15 is 0 Å². The first-order valence-corrected chi connectivity index (χ1v) is 5.78. The maximum Gasteiger partial charge on any atom is 0.354 e. The smallest absolute Gasteiger partial charge is 0.354 e. The standard InChI is InChI=1S/C10H12N2O2S/c1-12-5-10(2-3-10)15-6-4-11-7(8(6)12)9(13)14/h4,11H,2-3,5H2,1H3,(H,13,14). The first-order chi connectivity index (χ1) is 7.11. The highest BCUT2D eigenvalue weighted by Crippen LogP contribution is 2.57. The zero-order chi connectivity index (χ0) is 10.6. The minimum Gasteiger partial charge on any atom is -0.477 e. The number of thioether (sulfide) groups is 1. The molecule has 1 aromatic heterocycles. The normalized spacial score (nSPS) is 21.5. The summed E-state index contributed by atoms with van der Waals surface area (Å²) in [5.41, 5.74) is 1.17. The number of carboxylic acid groups (broad SMARTS) is 1. The number of anilines is 1. The zero-order valence-corrected chi connectivity index (χ0v) is 9.23. The molecule has 0 radical (unpaired) electrons. The second kappa shape index (κ2) is 2.72. The quantitative estimate of drug-likeness (QED) is 0.763. The van der Waals surface area contributed by atoms with Crippen LogP contribution in [0.1, 0.15) is 23.3 Å². The van der Waals surface area contributed by atoms with E-state index in [0.29, 0.717) is 10.4 Å². The van der Waals surface area contributed by atoms with Crippen LogP contribution in [-0.2, 0) is 0 Å². The Hall–Kier alpha value is -1.10. The maximum absolute atomic E-state index is 11.0. The molecule has 1 saturated carbocycles. The van der Waals surface area contributed by atoms with E-state index in [2.05, 4.69) is 9.88 Å². The van der Waals surface area contributed by atoms with E-state index in [1.807, 2.05) is 25.0 Å². The van der Waals surface area contributed by atoms with Gasteiger partial charge in [-0.25, -0.2) is 4.79 Å². The van der Waals surface area contributed by atoms with E-state index < -0.39 is 5.97 Å². The number of hydrogen-bond acceptors (Lipinski definition) is 3. The van der Waals surface area contributed by atoms with Gasteiger partial charge in [-0.15, -0.1) is 11.8 Å². The predicted molar refractivity (Wildman–Crippen MR) is 58.8 cm³/mol. The third-order valence-electron chi connectivity index (χ3n) is 3.07. The highest BCUT2D eigenvalue weighted by molar-refractivity contribution is 8.01. The molecule has 2 N–H and O–H groups in total. The number of rotatable bonds is 1. The van der Waals surface area contributed by atoms with Crippen LogP contribution in [0.4, 0.5) is 5.69 Å². The van der Waals surface area contributed by atoms with Crippen molar-refractivity contribution in [1.29, 1.82) is 0 Å². The van der Waals surface area contributed by atoms with E-state index in [1.54, 1.807) is 0 Å². The van der Waals surface area contributed by atoms with E-state index in [1.165, 1.54) is 12.8 Å².